The molecule has 1 aromatic rings. The number of carbonyl (C=O) groups is 2. The molecular weight excluding hydrogens is 260 g/mol. The first-order valence-electron chi connectivity index (χ1n) is 5.27. The summed E-state index contributed by atoms with van der Waals surface area (Å²) in [7, 11) is 0. The Labute approximate surface area is 106 Å². The van der Waals surface area contributed by atoms with Gasteiger partial charge in [0.1, 0.15) is 6.04 Å². The Hall–Kier alpha value is -1.96. The zero-order valence-electron chi connectivity index (χ0n) is 9.24. The highest BCUT2D eigenvalue weighted by atomic mass is 32.1. The third-order valence-electron chi connectivity index (χ3n) is 2.81. The van der Waals surface area contributed by atoms with Gasteiger partial charge >= 0.3 is 11.0 Å². The monoisotopic (exact) mass is 270 g/mol. The van der Waals surface area contributed by atoms with Gasteiger partial charge in [0.05, 0.1) is 10.5 Å². The zero-order chi connectivity index (χ0) is 13.3. The van der Waals surface area contributed by atoms with E-state index in [-0.39, 0.29) is 10.6 Å². The van der Waals surface area contributed by atoms with Crippen molar-refractivity contribution in [3.05, 3.63) is 27.1 Å². The first kappa shape index (κ1) is 12.5. The van der Waals surface area contributed by atoms with Gasteiger partial charge in [-0.25, -0.2) is 4.79 Å². The van der Waals surface area contributed by atoms with Crippen LogP contribution in [0.25, 0.3) is 0 Å². The van der Waals surface area contributed by atoms with Crippen molar-refractivity contribution in [3.63, 3.8) is 0 Å². The predicted molar refractivity (Wildman–Crippen MR) is 62.7 cm³/mol. The van der Waals surface area contributed by atoms with E-state index in [1.54, 1.807) is 0 Å². The van der Waals surface area contributed by atoms with Crippen LogP contribution in [0.3, 0.4) is 0 Å². The molecule has 1 aromatic heterocycles. The minimum atomic E-state index is -1.04. The molecule has 0 saturated carbocycles. The van der Waals surface area contributed by atoms with Gasteiger partial charge in [-0.2, -0.15) is 0 Å². The van der Waals surface area contributed by atoms with Gasteiger partial charge in [0.2, 0.25) is 0 Å². The lowest BCUT2D eigenvalue weighted by molar-refractivity contribution is -0.380. The maximum atomic E-state index is 12.0. The summed E-state index contributed by atoms with van der Waals surface area (Å²) >= 11 is 0.860. The fourth-order valence-electron chi connectivity index (χ4n) is 1.97. The molecule has 1 saturated heterocycles. The topological polar surface area (TPSA) is 101 Å². The molecule has 8 heteroatoms. The molecule has 0 unspecified atom stereocenters. The van der Waals surface area contributed by atoms with Gasteiger partial charge in [-0.1, -0.05) is 11.3 Å². The fourth-order valence-corrected chi connectivity index (χ4v) is 2.66. The van der Waals surface area contributed by atoms with E-state index in [9.17, 15) is 19.7 Å². The largest absolute Gasteiger partial charge is 0.480 e. The maximum absolute atomic E-state index is 12.0. The Morgan fingerprint density at radius 1 is 1.56 bits per heavy atom. The van der Waals surface area contributed by atoms with Crippen molar-refractivity contribution in [2.45, 2.75) is 18.9 Å². The summed E-state index contributed by atoms with van der Waals surface area (Å²) in [5.41, 5.74) is 0.180. The highest BCUT2D eigenvalue weighted by molar-refractivity contribution is 7.13. The van der Waals surface area contributed by atoms with E-state index in [1.807, 2.05) is 0 Å². The van der Waals surface area contributed by atoms with Crippen LogP contribution in [0, 0.1) is 10.1 Å². The molecule has 0 aliphatic carbocycles. The van der Waals surface area contributed by atoms with Crippen molar-refractivity contribution in [2.75, 3.05) is 6.54 Å². The van der Waals surface area contributed by atoms with Crippen molar-refractivity contribution < 1.29 is 19.6 Å². The molecule has 2 rings (SSSR count). The highest BCUT2D eigenvalue weighted by Gasteiger charge is 2.35. The summed E-state index contributed by atoms with van der Waals surface area (Å²) in [6.45, 7) is 0.374. The SMILES string of the molecule is O=C(O)[C@@H]1CCCN1C(=O)c1csc([N+](=O)[O-])c1. The number of nitrogens with zero attached hydrogens (tertiary/aromatic N) is 2. The van der Waals surface area contributed by atoms with E-state index in [4.69, 9.17) is 5.11 Å². The van der Waals surface area contributed by atoms with Crippen LogP contribution >= 0.6 is 11.3 Å². The van der Waals surface area contributed by atoms with E-state index in [2.05, 4.69) is 0 Å². The van der Waals surface area contributed by atoms with Crippen molar-refractivity contribution >= 4 is 28.2 Å². The molecule has 1 aliphatic heterocycles. The molecule has 1 fully saturated rings. The van der Waals surface area contributed by atoms with Crippen LogP contribution in [0.15, 0.2) is 11.4 Å². The number of rotatable bonds is 3. The Morgan fingerprint density at radius 3 is 2.83 bits per heavy atom. The third kappa shape index (κ3) is 2.19. The van der Waals surface area contributed by atoms with Crippen LogP contribution in [0.1, 0.15) is 23.2 Å². The van der Waals surface area contributed by atoms with Crippen LogP contribution in [0.5, 0.6) is 0 Å². The summed E-state index contributed by atoms with van der Waals surface area (Å²) in [5.74, 6) is -1.49. The maximum Gasteiger partial charge on any atom is 0.326 e. The van der Waals surface area contributed by atoms with Gasteiger partial charge in [0, 0.05) is 18.0 Å². The number of hydrogen-bond donors (Lipinski definition) is 1. The predicted octanol–water partition coefficient (Wildman–Crippen LogP) is 1.35. The molecule has 2 heterocycles. The van der Waals surface area contributed by atoms with Gasteiger partial charge < -0.3 is 10.0 Å². The summed E-state index contributed by atoms with van der Waals surface area (Å²) in [5, 5.41) is 20.8. The number of likely N-dealkylation sites (tertiary alicyclic amines) is 1. The molecule has 7 nitrogen and oxygen atoms in total. The van der Waals surface area contributed by atoms with Crippen LogP contribution < -0.4 is 0 Å². The number of hydrogen-bond acceptors (Lipinski definition) is 5. The van der Waals surface area contributed by atoms with Crippen molar-refractivity contribution in [2.24, 2.45) is 0 Å². The molecule has 1 atom stereocenters. The van der Waals surface area contributed by atoms with Gasteiger partial charge in [0.15, 0.2) is 0 Å². The van der Waals surface area contributed by atoms with Gasteiger partial charge in [0.25, 0.3) is 5.91 Å². The molecular formula is C10H10N2O5S. The normalized spacial score (nSPS) is 18.9. The first-order valence-corrected chi connectivity index (χ1v) is 6.15. The molecule has 18 heavy (non-hydrogen) atoms. The van der Waals surface area contributed by atoms with Crippen LogP contribution in [0.4, 0.5) is 5.00 Å². The van der Waals surface area contributed by atoms with Gasteiger partial charge in [-0.15, -0.1) is 0 Å². The standard InChI is InChI=1S/C10H10N2O5S/c13-9(6-4-8(12(16)17)18-5-6)11-3-1-2-7(11)10(14)15/h4-5,7H,1-3H2,(H,14,15)/t7-/m0/s1. The third-order valence-corrected chi connectivity index (χ3v) is 3.69. The molecule has 0 aromatic carbocycles. The molecule has 0 bridgehead atoms. The molecule has 96 valence electrons. The van der Waals surface area contributed by atoms with Crippen molar-refractivity contribution in [3.8, 4) is 0 Å². The average Bonchev–Trinajstić information content (AvgIpc) is 2.97. The highest BCUT2D eigenvalue weighted by Crippen LogP contribution is 2.26. The molecule has 0 spiro atoms. The number of aliphatic carboxylic acids is 1. The quantitative estimate of drug-likeness (QED) is 0.659. The summed E-state index contributed by atoms with van der Waals surface area (Å²) < 4.78 is 0. The lowest BCUT2D eigenvalue weighted by atomic mass is 10.2. The van der Waals surface area contributed by atoms with E-state index < -0.39 is 22.8 Å². The first-order chi connectivity index (χ1) is 8.50. The molecule has 1 amide bonds. The van der Waals surface area contributed by atoms with Crippen LogP contribution in [-0.4, -0.2) is 39.4 Å². The second kappa shape index (κ2) is 4.73. The Kier molecular flexibility index (Phi) is 3.28. The summed E-state index contributed by atoms with van der Waals surface area (Å²) in [6.07, 6.45) is 1.06. The smallest absolute Gasteiger partial charge is 0.326 e. The summed E-state index contributed by atoms with van der Waals surface area (Å²) in [4.78, 5) is 34.2. The van der Waals surface area contributed by atoms with Crippen LogP contribution in [0.2, 0.25) is 0 Å². The number of nitro groups is 1. The lowest BCUT2D eigenvalue weighted by Crippen LogP contribution is -2.40. The Balaban J connectivity index is 2.20. The number of carboxylic acid groups (broad SMARTS) is 1. The fraction of sp³-hybridized carbons (Fsp3) is 0.400. The Bertz CT molecular complexity index is 512. The lowest BCUT2D eigenvalue weighted by Gasteiger charge is -2.20. The average molecular weight is 270 g/mol. The van der Waals surface area contributed by atoms with Gasteiger partial charge in [-0.05, 0) is 12.8 Å². The van der Waals surface area contributed by atoms with E-state index in [0.717, 1.165) is 11.3 Å². The second-order valence-electron chi connectivity index (χ2n) is 3.93. The van der Waals surface area contributed by atoms with Crippen molar-refractivity contribution in [1.29, 1.82) is 0 Å². The van der Waals surface area contributed by atoms with Crippen LogP contribution in [-0.2, 0) is 4.79 Å². The number of carboxylic acids is 1. The second-order valence-corrected chi connectivity index (χ2v) is 4.82. The number of amides is 1. The van der Waals surface area contributed by atoms with E-state index in [1.165, 1.54) is 16.3 Å². The number of carbonyl (C=O) groups excluding carboxylic acids is 1. The summed E-state index contributed by atoms with van der Waals surface area (Å²) in [6, 6.07) is 0.362. The van der Waals surface area contributed by atoms with E-state index in [0.29, 0.717) is 19.4 Å². The Morgan fingerprint density at radius 2 is 2.28 bits per heavy atom. The minimum absolute atomic E-state index is 0.121. The van der Waals surface area contributed by atoms with Crippen molar-refractivity contribution in [1.82, 2.24) is 4.90 Å². The molecule has 1 aliphatic rings. The molecule has 1 N–H and O–H groups in total. The van der Waals surface area contributed by atoms with E-state index >= 15 is 0 Å². The van der Waals surface area contributed by atoms with Gasteiger partial charge in [-0.3, -0.25) is 14.9 Å². The number of thiophene rings is 1. The zero-order valence-corrected chi connectivity index (χ0v) is 10.1. The minimum Gasteiger partial charge on any atom is -0.480 e. The molecule has 0 radical (unpaired) electrons.